The molecule has 7 heteroatoms. The van der Waals surface area contributed by atoms with Crippen LogP contribution in [0, 0.1) is 6.92 Å². The van der Waals surface area contributed by atoms with Gasteiger partial charge in [0.05, 0.1) is 31.4 Å². The molecule has 1 aliphatic rings. The normalized spacial score (nSPS) is 16.3. The zero-order valence-electron chi connectivity index (χ0n) is 16.7. The predicted molar refractivity (Wildman–Crippen MR) is 115 cm³/mol. The molecule has 6 nitrogen and oxygen atoms in total. The fourth-order valence-electron chi connectivity index (χ4n) is 3.40. The molecule has 1 N–H and O–H groups in total. The predicted octanol–water partition coefficient (Wildman–Crippen LogP) is 3.66. The van der Waals surface area contributed by atoms with Gasteiger partial charge in [0, 0.05) is 11.4 Å². The van der Waals surface area contributed by atoms with Crippen molar-refractivity contribution in [3.8, 4) is 0 Å². The molecule has 0 saturated carbocycles. The van der Waals surface area contributed by atoms with E-state index in [0.29, 0.717) is 27.5 Å². The molecule has 3 rings (SSSR count). The lowest BCUT2D eigenvalue weighted by atomic mass is 9.91. The van der Waals surface area contributed by atoms with Gasteiger partial charge in [-0.2, -0.15) is 0 Å². The Bertz CT molecular complexity index is 998. The number of thiocarbonyl (C=S) groups is 1. The number of nitrogens with zero attached hydrogens (tertiary/aromatic N) is 1. The van der Waals surface area contributed by atoms with Gasteiger partial charge in [-0.3, -0.25) is 4.90 Å². The van der Waals surface area contributed by atoms with Crippen LogP contribution in [-0.4, -0.2) is 31.3 Å². The van der Waals surface area contributed by atoms with Gasteiger partial charge in [0.15, 0.2) is 5.11 Å². The zero-order chi connectivity index (χ0) is 21.1. The topological polar surface area (TPSA) is 67.9 Å². The average Bonchev–Trinajstić information content (AvgIpc) is 2.73. The van der Waals surface area contributed by atoms with Crippen molar-refractivity contribution in [2.75, 3.05) is 19.1 Å². The van der Waals surface area contributed by atoms with Crippen LogP contribution in [0.5, 0.6) is 0 Å². The van der Waals surface area contributed by atoms with Gasteiger partial charge < -0.3 is 14.8 Å². The van der Waals surface area contributed by atoms with Gasteiger partial charge in [-0.05, 0) is 49.8 Å². The van der Waals surface area contributed by atoms with Gasteiger partial charge in [-0.15, -0.1) is 0 Å². The maximum atomic E-state index is 12.7. The summed E-state index contributed by atoms with van der Waals surface area (Å²) in [6.45, 7) is 3.81. The number of nitrogens with one attached hydrogen (secondary N) is 1. The molecule has 1 heterocycles. The fourth-order valence-corrected chi connectivity index (χ4v) is 3.76. The lowest BCUT2D eigenvalue weighted by Gasteiger charge is -2.37. The summed E-state index contributed by atoms with van der Waals surface area (Å²) in [5.41, 5.74) is 3.89. The Morgan fingerprint density at radius 2 is 1.59 bits per heavy atom. The summed E-state index contributed by atoms with van der Waals surface area (Å²) >= 11 is 5.62. The molecule has 1 atom stereocenters. The number of allylic oxidation sites excluding steroid dienone is 1. The highest BCUT2D eigenvalue weighted by Crippen LogP contribution is 2.35. The SMILES string of the molecule is COC(=O)C1=C(C)N(c2ccc(C)cc2)C(=S)N[C@@H]1c1ccccc1C(=O)OC. The third kappa shape index (κ3) is 3.86. The number of aryl methyl sites for hydroxylation is 1. The van der Waals surface area contributed by atoms with Crippen LogP contribution < -0.4 is 10.2 Å². The Kier molecular flexibility index (Phi) is 5.98. The first-order chi connectivity index (χ1) is 13.9. The first-order valence-corrected chi connectivity index (χ1v) is 9.43. The number of carbonyl (C=O) groups is 2. The van der Waals surface area contributed by atoms with E-state index in [1.54, 1.807) is 29.2 Å². The fraction of sp³-hybridized carbons (Fsp3) is 0.227. The van der Waals surface area contributed by atoms with E-state index >= 15 is 0 Å². The summed E-state index contributed by atoms with van der Waals surface area (Å²) in [6.07, 6.45) is 0. The van der Waals surface area contributed by atoms with E-state index in [2.05, 4.69) is 5.32 Å². The Balaban J connectivity index is 2.18. The molecule has 0 saturated heterocycles. The molecule has 0 aliphatic carbocycles. The largest absolute Gasteiger partial charge is 0.466 e. The van der Waals surface area contributed by atoms with Gasteiger partial charge in [-0.25, -0.2) is 9.59 Å². The van der Waals surface area contributed by atoms with E-state index in [9.17, 15) is 9.59 Å². The summed E-state index contributed by atoms with van der Waals surface area (Å²) < 4.78 is 9.96. The molecule has 0 fully saturated rings. The highest BCUT2D eigenvalue weighted by molar-refractivity contribution is 7.80. The molecule has 0 amide bonds. The van der Waals surface area contributed by atoms with Crippen molar-refractivity contribution in [1.82, 2.24) is 5.32 Å². The molecule has 29 heavy (non-hydrogen) atoms. The number of benzene rings is 2. The summed E-state index contributed by atoms with van der Waals surface area (Å²) in [7, 11) is 2.65. The van der Waals surface area contributed by atoms with Gasteiger partial charge in [0.25, 0.3) is 0 Å². The second kappa shape index (κ2) is 8.45. The average molecular weight is 410 g/mol. The van der Waals surface area contributed by atoms with Gasteiger partial charge in [0.2, 0.25) is 0 Å². The minimum atomic E-state index is -0.646. The highest BCUT2D eigenvalue weighted by Gasteiger charge is 2.36. The van der Waals surface area contributed by atoms with Crippen LogP contribution in [0.1, 0.15) is 34.5 Å². The molecule has 0 bridgehead atoms. The molecule has 150 valence electrons. The summed E-state index contributed by atoms with van der Waals surface area (Å²) in [5, 5.41) is 3.62. The van der Waals surface area contributed by atoms with Crippen molar-refractivity contribution in [2.24, 2.45) is 0 Å². The maximum absolute atomic E-state index is 12.7. The standard InChI is InChI=1S/C22H22N2O4S/c1-13-9-11-15(12-10-13)24-14(2)18(21(26)28-4)19(23-22(24)29)16-7-5-6-8-17(16)20(25)27-3/h5-12,19H,1-4H3,(H,23,29)/t19-/m1/s1. The third-order valence-electron chi connectivity index (χ3n) is 4.86. The highest BCUT2D eigenvalue weighted by atomic mass is 32.1. The number of ether oxygens (including phenoxy) is 2. The summed E-state index contributed by atoms with van der Waals surface area (Å²) in [4.78, 5) is 26.8. The number of methoxy groups -OCH3 is 2. The minimum Gasteiger partial charge on any atom is -0.466 e. The van der Waals surface area contributed by atoms with E-state index < -0.39 is 18.0 Å². The minimum absolute atomic E-state index is 0.355. The molecule has 1 aliphatic heterocycles. The van der Waals surface area contributed by atoms with Crippen molar-refractivity contribution >= 4 is 35.0 Å². The molecule has 2 aromatic rings. The van der Waals surface area contributed by atoms with Crippen LogP contribution in [0.25, 0.3) is 0 Å². The third-order valence-corrected chi connectivity index (χ3v) is 5.16. The smallest absolute Gasteiger partial charge is 0.338 e. The maximum Gasteiger partial charge on any atom is 0.338 e. The molecule has 0 unspecified atom stereocenters. The molecule has 0 aromatic heterocycles. The monoisotopic (exact) mass is 410 g/mol. The van der Waals surface area contributed by atoms with Crippen LogP contribution in [0.15, 0.2) is 59.8 Å². The van der Waals surface area contributed by atoms with Crippen LogP contribution in [0.4, 0.5) is 5.69 Å². The van der Waals surface area contributed by atoms with Gasteiger partial charge >= 0.3 is 11.9 Å². The quantitative estimate of drug-likeness (QED) is 0.609. The van der Waals surface area contributed by atoms with E-state index in [0.717, 1.165) is 11.3 Å². The van der Waals surface area contributed by atoms with Gasteiger partial charge in [-0.1, -0.05) is 35.9 Å². The lowest BCUT2D eigenvalue weighted by molar-refractivity contribution is -0.136. The number of esters is 2. The van der Waals surface area contributed by atoms with E-state index in [-0.39, 0.29) is 0 Å². The lowest BCUT2D eigenvalue weighted by Crippen LogP contribution is -2.48. The molecular formula is C22H22N2O4S. The summed E-state index contributed by atoms with van der Waals surface area (Å²) in [6, 6.07) is 14.1. The molecule has 2 aromatic carbocycles. The van der Waals surface area contributed by atoms with Gasteiger partial charge in [0.1, 0.15) is 0 Å². The van der Waals surface area contributed by atoms with E-state index in [4.69, 9.17) is 21.7 Å². The first-order valence-electron chi connectivity index (χ1n) is 9.02. The van der Waals surface area contributed by atoms with Crippen molar-refractivity contribution in [2.45, 2.75) is 19.9 Å². The number of hydrogen-bond acceptors (Lipinski definition) is 5. The molecule has 0 spiro atoms. The van der Waals surface area contributed by atoms with Crippen LogP contribution in [0.2, 0.25) is 0 Å². The van der Waals surface area contributed by atoms with Crippen molar-refractivity contribution in [3.63, 3.8) is 0 Å². The van der Waals surface area contributed by atoms with Crippen LogP contribution in [0.3, 0.4) is 0 Å². The Morgan fingerprint density at radius 3 is 2.21 bits per heavy atom. The number of hydrogen-bond donors (Lipinski definition) is 1. The van der Waals surface area contributed by atoms with Crippen LogP contribution >= 0.6 is 12.2 Å². The van der Waals surface area contributed by atoms with Crippen LogP contribution in [-0.2, 0) is 14.3 Å². The van der Waals surface area contributed by atoms with E-state index in [1.165, 1.54) is 14.2 Å². The van der Waals surface area contributed by atoms with Crippen molar-refractivity contribution in [1.29, 1.82) is 0 Å². The second-order valence-electron chi connectivity index (χ2n) is 6.62. The summed E-state index contributed by atoms with van der Waals surface area (Å²) in [5.74, 6) is -0.990. The molecule has 0 radical (unpaired) electrons. The van der Waals surface area contributed by atoms with Crippen molar-refractivity contribution < 1.29 is 19.1 Å². The Labute approximate surface area is 175 Å². The second-order valence-corrected chi connectivity index (χ2v) is 7.01. The van der Waals surface area contributed by atoms with Crippen molar-refractivity contribution in [3.05, 3.63) is 76.5 Å². The van der Waals surface area contributed by atoms with E-state index in [1.807, 2.05) is 38.1 Å². The number of anilines is 1. The zero-order valence-corrected chi connectivity index (χ0v) is 17.5. The number of carbonyl (C=O) groups excluding carboxylic acids is 2. The molecular weight excluding hydrogens is 388 g/mol. The Morgan fingerprint density at radius 1 is 0.966 bits per heavy atom. The Hall–Kier alpha value is -3.19. The first kappa shape index (κ1) is 20.5. The number of rotatable bonds is 4.